The lowest BCUT2D eigenvalue weighted by molar-refractivity contribution is 0.102. The maximum atomic E-state index is 13.0. The summed E-state index contributed by atoms with van der Waals surface area (Å²) in [6.45, 7) is 4.68. The molecule has 2 N–H and O–H groups in total. The fraction of sp³-hybridized carbons (Fsp3) is 0.478. The Hall–Kier alpha value is -2.61. The maximum absolute atomic E-state index is 13.0. The molecule has 8 heteroatoms. The molecule has 1 aromatic carbocycles. The number of aliphatic imine (C=N–C) groups is 1. The van der Waals surface area contributed by atoms with E-state index in [4.69, 9.17) is 0 Å². The molecule has 0 atom stereocenters. The first-order valence-corrected chi connectivity index (χ1v) is 12.5. The van der Waals surface area contributed by atoms with Crippen molar-refractivity contribution in [3.63, 3.8) is 0 Å². The zero-order valence-electron chi connectivity index (χ0n) is 18.1. The van der Waals surface area contributed by atoms with E-state index in [1.807, 2.05) is 19.9 Å². The van der Waals surface area contributed by atoms with Crippen LogP contribution in [0.5, 0.6) is 0 Å². The molecule has 31 heavy (non-hydrogen) atoms. The Balaban J connectivity index is 1.52. The number of hydrogen-bond donors (Lipinski definition) is 2. The molecular formula is C23H30N4O3S. The summed E-state index contributed by atoms with van der Waals surface area (Å²) in [7, 11) is -3.73. The van der Waals surface area contributed by atoms with Crippen LogP contribution >= 0.6 is 0 Å². The van der Waals surface area contributed by atoms with Crippen LogP contribution in [-0.2, 0) is 10.0 Å². The Morgan fingerprint density at radius 3 is 2.58 bits per heavy atom. The first-order valence-electron chi connectivity index (χ1n) is 11.0. The Kier molecular flexibility index (Phi) is 6.18. The second kappa shape index (κ2) is 8.86. The van der Waals surface area contributed by atoms with E-state index >= 15 is 0 Å². The SMILES string of the molecule is Cc1cc(C(=O)Nc2cccc(S(=O)(=O)NC3=NCCC3)c2)c(C)n1C1CCCCC1. The Morgan fingerprint density at radius 1 is 1.10 bits per heavy atom. The van der Waals surface area contributed by atoms with Crippen LogP contribution in [0.1, 0.15) is 72.7 Å². The van der Waals surface area contributed by atoms with Crippen LogP contribution in [0.25, 0.3) is 0 Å². The van der Waals surface area contributed by atoms with Crippen molar-refractivity contribution in [1.29, 1.82) is 0 Å². The van der Waals surface area contributed by atoms with Crippen molar-refractivity contribution in [1.82, 2.24) is 9.29 Å². The molecule has 0 radical (unpaired) electrons. The van der Waals surface area contributed by atoms with Gasteiger partial charge in [0, 0.05) is 36.1 Å². The second-order valence-electron chi connectivity index (χ2n) is 8.47. The summed E-state index contributed by atoms with van der Waals surface area (Å²) in [5.74, 6) is 0.266. The van der Waals surface area contributed by atoms with E-state index in [1.165, 1.54) is 31.4 Å². The highest BCUT2D eigenvalue weighted by Gasteiger charge is 2.23. The fourth-order valence-electron chi connectivity index (χ4n) is 4.68. The average molecular weight is 443 g/mol. The monoisotopic (exact) mass is 442 g/mol. The number of aromatic nitrogens is 1. The minimum absolute atomic E-state index is 0.104. The van der Waals surface area contributed by atoms with E-state index < -0.39 is 10.0 Å². The van der Waals surface area contributed by atoms with Gasteiger partial charge in [-0.05, 0) is 57.4 Å². The quantitative estimate of drug-likeness (QED) is 0.722. The van der Waals surface area contributed by atoms with Crippen LogP contribution in [0.15, 0.2) is 40.2 Å². The number of nitrogens with zero attached hydrogens (tertiary/aromatic N) is 2. The standard InChI is InChI=1S/C23H30N4O3S/c1-16-14-21(17(2)27(16)19-9-4-3-5-10-19)23(28)25-18-8-6-11-20(15-18)31(29,30)26-22-12-7-13-24-22/h6,8,11,14-15,19H,3-5,7,9-10,12-13H2,1-2H3,(H,24,26)(H,25,28). The van der Waals surface area contributed by atoms with Gasteiger partial charge in [-0.3, -0.25) is 14.5 Å². The summed E-state index contributed by atoms with van der Waals surface area (Å²) < 4.78 is 30.2. The van der Waals surface area contributed by atoms with Gasteiger partial charge in [-0.2, -0.15) is 0 Å². The molecule has 1 saturated carbocycles. The van der Waals surface area contributed by atoms with Crippen LogP contribution in [-0.4, -0.2) is 31.3 Å². The van der Waals surface area contributed by atoms with Gasteiger partial charge in [-0.15, -0.1) is 0 Å². The number of amidine groups is 1. The lowest BCUT2D eigenvalue weighted by Crippen LogP contribution is -2.29. The summed E-state index contributed by atoms with van der Waals surface area (Å²) in [5.41, 5.74) is 3.14. The summed E-state index contributed by atoms with van der Waals surface area (Å²) in [6, 6.07) is 8.71. The van der Waals surface area contributed by atoms with Crippen LogP contribution in [0.3, 0.4) is 0 Å². The molecule has 2 aromatic rings. The molecule has 4 rings (SSSR count). The molecule has 2 heterocycles. The molecule has 1 fully saturated rings. The zero-order chi connectivity index (χ0) is 22.0. The summed E-state index contributed by atoms with van der Waals surface area (Å²) >= 11 is 0. The van der Waals surface area contributed by atoms with E-state index in [0.717, 1.165) is 30.7 Å². The van der Waals surface area contributed by atoms with Crippen molar-refractivity contribution in [3.8, 4) is 0 Å². The number of aryl methyl sites for hydroxylation is 1. The second-order valence-corrected chi connectivity index (χ2v) is 10.1. The number of anilines is 1. The third kappa shape index (κ3) is 4.69. The van der Waals surface area contributed by atoms with Crippen molar-refractivity contribution in [2.75, 3.05) is 11.9 Å². The number of nitrogens with one attached hydrogen (secondary N) is 2. The predicted octanol–water partition coefficient (Wildman–Crippen LogP) is 4.33. The lowest BCUT2D eigenvalue weighted by atomic mass is 9.95. The van der Waals surface area contributed by atoms with Gasteiger partial charge in [-0.1, -0.05) is 25.3 Å². The van der Waals surface area contributed by atoms with Gasteiger partial charge in [0.25, 0.3) is 15.9 Å². The molecule has 1 aliphatic heterocycles. The van der Waals surface area contributed by atoms with Gasteiger partial charge in [0.2, 0.25) is 0 Å². The van der Waals surface area contributed by atoms with Gasteiger partial charge >= 0.3 is 0 Å². The van der Waals surface area contributed by atoms with E-state index in [-0.39, 0.29) is 10.8 Å². The topological polar surface area (TPSA) is 92.6 Å². The summed E-state index contributed by atoms with van der Waals surface area (Å²) in [5, 5.41) is 2.87. The van der Waals surface area contributed by atoms with Crippen molar-refractivity contribution in [2.45, 2.75) is 69.7 Å². The summed E-state index contributed by atoms with van der Waals surface area (Å²) in [6.07, 6.45) is 7.52. The number of carbonyl (C=O) groups excluding carboxylic acids is 1. The van der Waals surface area contributed by atoms with E-state index in [2.05, 4.69) is 19.6 Å². The summed E-state index contributed by atoms with van der Waals surface area (Å²) in [4.78, 5) is 17.3. The number of rotatable bonds is 5. The van der Waals surface area contributed by atoms with Crippen molar-refractivity contribution in [3.05, 3.63) is 47.3 Å². The minimum Gasteiger partial charge on any atom is -0.345 e. The molecule has 0 spiro atoms. The third-order valence-electron chi connectivity index (χ3n) is 6.20. The smallest absolute Gasteiger partial charge is 0.262 e. The van der Waals surface area contributed by atoms with Crippen molar-refractivity contribution in [2.24, 2.45) is 4.99 Å². The Bertz CT molecular complexity index is 1110. The molecule has 1 aromatic heterocycles. The first-order chi connectivity index (χ1) is 14.8. The van der Waals surface area contributed by atoms with Gasteiger partial charge in [0.1, 0.15) is 5.84 Å². The molecule has 0 bridgehead atoms. The van der Waals surface area contributed by atoms with Gasteiger partial charge in [0.05, 0.1) is 10.5 Å². The van der Waals surface area contributed by atoms with Crippen molar-refractivity contribution >= 4 is 27.5 Å². The average Bonchev–Trinajstić information content (AvgIpc) is 3.35. The molecule has 0 saturated heterocycles. The normalized spacial score (nSPS) is 17.4. The molecule has 166 valence electrons. The van der Waals surface area contributed by atoms with Gasteiger partial charge in [-0.25, -0.2) is 8.42 Å². The molecular weight excluding hydrogens is 412 g/mol. The minimum atomic E-state index is -3.73. The number of carbonyl (C=O) groups is 1. The predicted molar refractivity (Wildman–Crippen MR) is 122 cm³/mol. The largest absolute Gasteiger partial charge is 0.345 e. The fourth-order valence-corrected chi connectivity index (χ4v) is 5.82. The highest BCUT2D eigenvalue weighted by atomic mass is 32.2. The number of benzene rings is 1. The van der Waals surface area contributed by atoms with Crippen LogP contribution in [0.4, 0.5) is 5.69 Å². The van der Waals surface area contributed by atoms with E-state index in [0.29, 0.717) is 36.1 Å². The Morgan fingerprint density at radius 2 is 1.87 bits per heavy atom. The molecule has 2 aliphatic rings. The molecule has 7 nitrogen and oxygen atoms in total. The zero-order valence-corrected chi connectivity index (χ0v) is 19.0. The van der Waals surface area contributed by atoms with Crippen molar-refractivity contribution < 1.29 is 13.2 Å². The van der Waals surface area contributed by atoms with Crippen LogP contribution < -0.4 is 10.0 Å². The first kappa shape index (κ1) is 21.6. The van der Waals surface area contributed by atoms with E-state index in [1.54, 1.807) is 12.1 Å². The highest BCUT2D eigenvalue weighted by molar-refractivity contribution is 7.90. The molecule has 1 amide bonds. The number of sulfonamides is 1. The number of hydrogen-bond acceptors (Lipinski definition) is 4. The van der Waals surface area contributed by atoms with Crippen LogP contribution in [0.2, 0.25) is 0 Å². The van der Waals surface area contributed by atoms with Gasteiger partial charge < -0.3 is 9.88 Å². The van der Waals surface area contributed by atoms with Gasteiger partial charge in [0.15, 0.2) is 0 Å². The maximum Gasteiger partial charge on any atom is 0.262 e. The Labute approximate surface area is 184 Å². The van der Waals surface area contributed by atoms with E-state index in [9.17, 15) is 13.2 Å². The lowest BCUT2D eigenvalue weighted by Gasteiger charge is -2.26. The molecule has 1 aliphatic carbocycles. The number of amides is 1. The highest BCUT2D eigenvalue weighted by Crippen LogP contribution is 2.32. The van der Waals surface area contributed by atoms with Crippen LogP contribution in [0, 0.1) is 13.8 Å². The third-order valence-corrected chi connectivity index (χ3v) is 7.58. The molecule has 0 unspecified atom stereocenters.